The van der Waals surface area contributed by atoms with E-state index in [2.05, 4.69) is 15.6 Å². The van der Waals surface area contributed by atoms with Crippen molar-refractivity contribution in [3.8, 4) is 5.75 Å². The van der Waals surface area contributed by atoms with Crippen LogP contribution in [0.5, 0.6) is 5.75 Å². The van der Waals surface area contributed by atoms with Crippen LogP contribution >= 0.6 is 0 Å². The number of methoxy groups -OCH3 is 1. The molecule has 1 unspecified atom stereocenters. The van der Waals surface area contributed by atoms with Crippen LogP contribution in [0.4, 0.5) is 8.78 Å². The third-order valence-corrected chi connectivity index (χ3v) is 2.38. The third kappa shape index (κ3) is 2.91. The molecule has 0 aromatic heterocycles. The highest BCUT2D eigenvalue weighted by atomic mass is 19.1. The lowest BCUT2D eigenvalue weighted by molar-refractivity contribution is -0.123. The van der Waals surface area contributed by atoms with Gasteiger partial charge in [-0.2, -0.15) is 0 Å². The molecule has 0 heterocycles. The number of halogens is 2. The molecule has 0 saturated heterocycles. The predicted octanol–water partition coefficient (Wildman–Crippen LogP) is 1.33. The number of hydrogen-bond acceptors (Lipinski definition) is 3. The molecule has 1 aromatic rings. The highest BCUT2D eigenvalue weighted by Gasteiger charge is 2.21. The van der Waals surface area contributed by atoms with Gasteiger partial charge in [-0.1, -0.05) is 0 Å². The fraction of sp³-hybridized carbons (Fsp3) is 0.364. The molecule has 2 N–H and O–H groups in total. The van der Waals surface area contributed by atoms with Crippen molar-refractivity contribution in [3.05, 3.63) is 29.3 Å². The van der Waals surface area contributed by atoms with Gasteiger partial charge < -0.3 is 4.74 Å². The summed E-state index contributed by atoms with van der Waals surface area (Å²) in [6, 6.07) is 1.89. The molecule has 1 atom stereocenters. The molecule has 6 heteroatoms. The molecular formula is C11H14F2N2O2. The Hall–Kier alpha value is -1.69. The molecule has 94 valence electrons. The van der Waals surface area contributed by atoms with Crippen LogP contribution < -0.4 is 15.6 Å². The van der Waals surface area contributed by atoms with Crippen molar-refractivity contribution < 1.29 is 18.3 Å². The molecule has 17 heavy (non-hydrogen) atoms. The number of nitrogens with one attached hydrogen (secondary N) is 2. The lowest BCUT2D eigenvalue weighted by Gasteiger charge is -2.13. The van der Waals surface area contributed by atoms with Crippen molar-refractivity contribution in [2.75, 3.05) is 14.2 Å². The molecule has 0 bridgehead atoms. The van der Waals surface area contributed by atoms with E-state index in [1.54, 1.807) is 0 Å². The van der Waals surface area contributed by atoms with Gasteiger partial charge in [-0.3, -0.25) is 10.2 Å². The lowest BCUT2D eigenvalue weighted by atomic mass is 9.99. The van der Waals surface area contributed by atoms with Crippen LogP contribution in [0, 0.1) is 11.6 Å². The highest BCUT2D eigenvalue weighted by Crippen LogP contribution is 2.26. The molecule has 1 aromatic carbocycles. The Morgan fingerprint density at radius 2 is 2.00 bits per heavy atom. The van der Waals surface area contributed by atoms with E-state index in [0.29, 0.717) is 0 Å². The number of rotatable bonds is 4. The van der Waals surface area contributed by atoms with Gasteiger partial charge in [0.1, 0.15) is 5.82 Å². The summed E-state index contributed by atoms with van der Waals surface area (Å²) in [5.41, 5.74) is 4.73. The predicted molar refractivity (Wildman–Crippen MR) is 58.5 cm³/mol. The van der Waals surface area contributed by atoms with E-state index in [4.69, 9.17) is 0 Å². The number of carbonyl (C=O) groups excluding carboxylic acids is 1. The van der Waals surface area contributed by atoms with Gasteiger partial charge in [0, 0.05) is 18.7 Å². The maximum absolute atomic E-state index is 13.6. The van der Waals surface area contributed by atoms with Crippen LogP contribution in [0.25, 0.3) is 0 Å². The second kappa shape index (κ2) is 5.58. The number of amides is 1. The Labute approximate surface area is 97.9 Å². The minimum atomic E-state index is -0.803. The minimum absolute atomic E-state index is 0.0175. The SMILES string of the molecule is CNNC(=O)C(C)c1cc(F)c(OC)cc1F. The Morgan fingerprint density at radius 3 is 2.53 bits per heavy atom. The number of hydrogen-bond donors (Lipinski definition) is 2. The van der Waals surface area contributed by atoms with Crippen LogP contribution in [0.2, 0.25) is 0 Å². The number of hydrazine groups is 1. The average Bonchev–Trinajstić information content (AvgIpc) is 2.31. The van der Waals surface area contributed by atoms with Gasteiger partial charge in [-0.05, 0) is 13.0 Å². The zero-order chi connectivity index (χ0) is 13.0. The highest BCUT2D eigenvalue weighted by molar-refractivity contribution is 5.82. The van der Waals surface area contributed by atoms with Gasteiger partial charge in [0.2, 0.25) is 5.91 Å². The van der Waals surface area contributed by atoms with Gasteiger partial charge >= 0.3 is 0 Å². The van der Waals surface area contributed by atoms with Crippen molar-refractivity contribution in [2.24, 2.45) is 0 Å². The zero-order valence-electron chi connectivity index (χ0n) is 9.80. The molecule has 0 fully saturated rings. The molecular weight excluding hydrogens is 230 g/mol. The van der Waals surface area contributed by atoms with Crippen molar-refractivity contribution in [2.45, 2.75) is 12.8 Å². The van der Waals surface area contributed by atoms with Crippen molar-refractivity contribution in [1.82, 2.24) is 10.9 Å². The summed E-state index contributed by atoms with van der Waals surface area (Å²) in [5.74, 6) is -2.82. The zero-order valence-corrected chi connectivity index (χ0v) is 9.80. The quantitative estimate of drug-likeness (QED) is 0.785. The summed E-state index contributed by atoms with van der Waals surface area (Å²) >= 11 is 0. The van der Waals surface area contributed by atoms with E-state index >= 15 is 0 Å². The maximum atomic E-state index is 13.6. The fourth-order valence-corrected chi connectivity index (χ4v) is 1.40. The van der Waals surface area contributed by atoms with E-state index in [-0.39, 0.29) is 11.3 Å². The van der Waals surface area contributed by atoms with Crippen LogP contribution in [-0.4, -0.2) is 20.1 Å². The summed E-state index contributed by atoms with van der Waals surface area (Å²) < 4.78 is 31.7. The Morgan fingerprint density at radius 1 is 1.35 bits per heavy atom. The normalized spacial score (nSPS) is 12.1. The Balaban J connectivity index is 3.06. The standard InChI is InChI=1S/C11H14F2N2O2/c1-6(11(16)15-14-2)7-4-9(13)10(17-3)5-8(7)12/h4-6,14H,1-3H3,(H,15,16). The Kier molecular flexibility index (Phi) is 4.39. The second-order valence-electron chi connectivity index (χ2n) is 3.47. The molecule has 0 aliphatic rings. The maximum Gasteiger partial charge on any atom is 0.241 e. The first kappa shape index (κ1) is 13.4. The first-order valence-corrected chi connectivity index (χ1v) is 5.00. The summed E-state index contributed by atoms with van der Waals surface area (Å²) in [7, 11) is 2.75. The summed E-state index contributed by atoms with van der Waals surface area (Å²) in [4.78, 5) is 11.5. The van der Waals surface area contributed by atoms with E-state index in [9.17, 15) is 13.6 Å². The molecule has 4 nitrogen and oxygen atoms in total. The second-order valence-corrected chi connectivity index (χ2v) is 3.47. The van der Waals surface area contributed by atoms with E-state index < -0.39 is 23.5 Å². The summed E-state index contributed by atoms with van der Waals surface area (Å²) in [5, 5.41) is 0. The largest absolute Gasteiger partial charge is 0.494 e. The van der Waals surface area contributed by atoms with Crippen molar-refractivity contribution in [1.29, 1.82) is 0 Å². The monoisotopic (exact) mass is 244 g/mol. The van der Waals surface area contributed by atoms with Gasteiger partial charge in [-0.25, -0.2) is 14.2 Å². The van der Waals surface area contributed by atoms with Gasteiger partial charge in [0.25, 0.3) is 0 Å². The first-order valence-electron chi connectivity index (χ1n) is 5.00. The van der Waals surface area contributed by atoms with Crippen molar-refractivity contribution >= 4 is 5.91 Å². The molecule has 0 saturated carbocycles. The Bertz CT molecular complexity index is 424. The van der Waals surface area contributed by atoms with Crippen LogP contribution in [0.15, 0.2) is 12.1 Å². The summed E-state index contributed by atoms with van der Waals surface area (Å²) in [6.07, 6.45) is 0. The topological polar surface area (TPSA) is 50.4 Å². The van der Waals surface area contributed by atoms with Crippen LogP contribution in [0.3, 0.4) is 0 Å². The number of carbonyl (C=O) groups is 1. The van der Waals surface area contributed by atoms with Gasteiger partial charge in [0.15, 0.2) is 11.6 Å². The molecule has 1 rings (SSSR count). The van der Waals surface area contributed by atoms with Gasteiger partial charge in [-0.15, -0.1) is 0 Å². The van der Waals surface area contributed by atoms with E-state index in [0.717, 1.165) is 12.1 Å². The average molecular weight is 244 g/mol. The molecule has 0 aliphatic heterocycles. The summed E-state index contributed by atoms with van der Waals surface area (Å²) in [6.45, 7) is 1.48. The minimum Gasteiger partial charge on any atom is -0.494 e. The van der Waals surface area contributed by atoms with Gasteiger partial charge in [0.05, 0.1) is 13.0 Å². The lowest BCUT2D eigenvalue weighted by Crippen LogP contribution is -2.37. The first-order chi connectivity index (χ1) is 8.01. The van der Waals surface area contributed by atoms with Crippen molar-refractivity contribution in [3.63, 3.8) is 0 Å². The molecule has 1 amide bonds. The van der Waals surface area contributed by atoms with Crippen LogP contribution in [0.1, 0.15) is 18.4 Å². The molecule has 0 aliphatic carbocycles. The molecule has 0 radical (unpaired) electrons. The number of benzene rings is 1. The number of ether oxygens (including phenoxy) is 1. The smallest absolute Gasteiger partial charge is 0.241 e. The van der Waals surface area contributed by atoms with E-state index in [1.165, 1.54) is 21.1 Å². The molecule has 0 spiro atoms. The van der Waals surface area contributed by atoms with E-state index in [1.807, 2.05) is 0 Å². The fourth-order valence-electron chi connectivity index (χ4n) is 1.40. The third-order valence-electron chi connectivity index (χ3n) is 2.38. The van der Waals surface area contributed by atoms with Crippen LogP contribution in [-0.2, 0) is 4.79 Å².